The lowest BCUT2D eigenvalue weighted by atomic mass is 10.0. The second-order valence-corrected chi connectivity index (χ2v) is 12.1. The molecule has 0 unspecified atom stereocenters. The lowest BCUT2D eigenvalue weighted by molar-refractivity contribution is -0.158. The highest BCUT2D eigenvalue weighted by molar-refractivity contribution is 5.90. The van der Waals surface area contributed by atoms with Gasteiger partial charge in [-0.05, 0) is 75.8 Å². The molecule has 2 aromatic rings. The van der Waals surface area contributed by atoms with Gasteiger partial charge in [0.2, 0.25) is 5.91 Å². The molecule has 224 valence electrons. The highest BCUT2D eigenvalue weighted by Crippen LogP contribution is 2.17. The Morgan fingerprint density at radius 3 is 2.20 bits per heavy atom. The zero-order chi connectivity index (χ0) is 29.8. The first kappa shape index (κ1) is 31.9. The van der Waals surface area contributed by atoms with Gasteiger partial charge in [0.05, 0.1) is 5.69 Å². The normalized spacial score (nSPS) is 15.4. The van der Waals surface area contributed by atoms with E-state index in [1.807, 2.05) is 56.3 Å². The molecule has 3 rings (SSSR count). The number of carbonyl (C=O) groups is 3. The Morgan fingerprint density at radius 2 is 1.61 bits per heavy atom. The van der Waals surface area contributed by atoms with Crippen molar-refractivity contribution in [3.8, 4) is 5.75 Å². The average Bonchev–Trinajstić information content (AvgIpc) is 3.21. The number of likely N-dealkylation sites (tertiary alicyclic amines) is 1. The Bertz CT molecular complexity index is 1110. The minimum absolute atomic E-state index is 0.161. The Kier molecular flexibility index (Phi) is 12.0. The zero-order valence-corrected chi connectivity index (χ0v) is 25.2. The number of hydrogen-bond donors (Lipinski definition) is 2. The molecule has 41 heavy (non-hydrogen) atoms. The van der Waals surface area contributed by atoms with E-state index in [0.717, 1.165) is 36.9 Å². The number of pyridine rings is 1. The summed E-state index contributed by atoms with van der Waals surface area (Å²) in [4.78, 5) is 45.8. The first-order valence-corrected chi connectivity index (χ1v) is 14.7. The van der Waals surface area contributed by atoms with Crippen molar-refractivity contribution in [1.29, 1.82) is 0 Å². The number of nitrogens with zero attached hydrogens (tertiary/aromatic N) is 2. The number of urea groups is 1. The molecule has 1 fully saturated rings. The SMILES string of the molecule is CC(C)C[C@H](NC(=O)N1CCCCCC1)C(=O)N[C@@H](Cc1ccc(OCc2ccccn2)cc1)C(=O)OC(C)(C)C. The Morgan fingerprint density at radius 1 is 0.927 bits per heavy atom. The monoisotopic (exact) mass is 566 g/mol. The predicted molar refractivity (Wildman–Crippen MR) is 158 cm³/mol. The van der Waals surface area contributed by atoms with E-state index >= 15 is 0 Å². The third-order valence-corrected chi connectivity index (χ3v) is 6.70. The fourth-order valence-corrected chi connectivity index (χ4v) is 4.65. The molecular formula is C32H46N4O5. The maximum atomic E-state index is 13.5. The van der Waals surface area contributed by atoms with E-state index < -0.39 is 29.6 Å². The van der Waals surface area contributed by atoms with Gasteiger partial charge in [0.25, 0.3) is 0 Å². The van der Waals surface area contributed by atoms with Crippen LogP contribution >= 0.6 is 0 Å². The maximum absolute atomic E-state index is 13.5. The molecule has 1 aliphatic heterocycles. The van der Waals surface area contributed by atoms with Crippen LogP contribution in [0.15, 0.2) is 48.7 Å². The topological polar surface area (TPSA) is 110 Å². The summed E-state index contributed by atoms with van der Waals surface area (Å²) in [6, 6.07) is 11.1. The van der Waals surface area contributed by atoms with Gasteiger partial charge in [-0.25, -0.2) is 9.59 Å². The maximum Gasteiger partial charge on any atom is 0.329 e. The smallest absolute Gasteiger partial charge is 0.329 e. The lowest BCUT2D eigenvalue weighted by Gasteiger charge is -2.28. The first-order valence-electron chi connectivity index (χ1n) is 14.7. The molecule has 1 aliphatic rings. The standard InChI is InChI=1S/C32H46N4O5/c1-23(2)20-27(35-31(39)36-18-10-6-7-11-19-36)29(37)34-28(30(38)41-32(3,4)5)21-24-13-15-26(16-14-24)40-22-25-12-8-9-17-33-25/h8-9,12-17,23,27-28H,6-7,10-11,18-22H2,1-5H3,(H,34,37)(H,35,39)/t27-,28-/m0/s1. The highest BCUT2D eigenvalue weighted by Gasteiger charge is 2.31. The number of nitrogens with one attached hydrogen (secondary N) is 2. The van der Waals surface area contributed by atoms with Gasteiger partial charge >= 0.3 is 12.0 Å². The molecule has 2 heterocycles. The Balaban J connectivity index is 1.70. The average molecular weight is 567 g/mol. The number of amides is 3. The fraction of sp³-hybridized carbons (Fsp3) is 0.562. The number of carbonyl (C=O) groups excluding carboxylic acids is 3. The summed E-state index contributed by atoms with van der Waals surface area (Å²) in [6.07, 6.45) is 6.54. The van der Waals surface area contributed by atoms with Gasteiger partial charge in [0.15, 0.2) is 0 Å². The zero-order valence-electron chi connectivity index (χ0n) is 25.2. The third kappa shape index (κ3) is 11.4. The molecule has 0 aliphatic carbocycles. The molecule has 9 nitrogen and oxygen atoms in total. The molecule has 0 radical (unpaired) electrons. The summed E-state index contributed by atoms with van der Waals surface area (Å²) in [5.74, 6) is -0.0872. The van der Waals surface area contributed by atoms with Crippen molar-refractivity contribution < 1.29 is 23.9 Å². The predicted octanol–water partition coefficient (Wildman–Crippen LogP) is 5.03. The van der Waals surface area contributed by atoms with Gasteiger partial charge in [-0.2, -0.15) is 0 Å². The molecule has 2 atom stereocenters. The van der Waals surface area contributed by atoms with E-state index in [2.05, 4.69) is 15.6 Å². The van der Waals surface area contributed by atoms with Gasteiger partial charge in [-0.15, -0.1) is 0 Å². The minimum atomic E-state index is -0.924. The van der Waals surface area contributed by atoms with Crippen LogP contribution in [0.1, 0.15) is 78.0 Å². The van der Waals surface area contributed by atoms with Gasteiger partial charge in [0.1, 0.15) is 30.0 Å². The molecule has 0 bridgehead atoms. The minimum Gasteiger partial charge on any atom is -0.487 e. The summed E-state index contributed by atoms with van der Waals surface area (Å²) >= 11 is 0. The third-order valence-electron chi connectivity index (χ3n) is 6.70. The van der Waals surface area contributed by atoms with Crippen LogP contribution in [0.3, 0.4) is 0 Å². The van der Waals surface area contributed by atoms with Crippen molar-refractivity contribution in [2.45, 2.75) is 97.4 Å². The second kappa shape index (κ2) is 15.4. The summed E-state index contributed by atoms with van der Waals surface area (Å²) in [5, 5.41) is 5.83. The second-order valence-electron chi connectivity index (χ2n) is 12.1. The largest absolute Gasteiger partial charge is 0.487 e. The van der Waals surface area contributed by atoms with E-state index in [1.165, 1.54) is 0 Å². The van der Waals surface area contributed by atoms with Crippen LogP contribution in [0, 0.1) is 5.92 Å². The lowest BCUT2D eigenvalue weighted by Crippen LogP contribution is -2.55. The van der Waals surface area contributed by atoms with Gasteiger partial charge in [-0.1, -0.05) is 44.9 Å². The van der Waals surface area contributed by atoms with E-state index in [1.54, 1.807) is 31.9 Å². The summed E-state index contributed by atoms with van der Waals surface area (Å²) in [5.41, 5.74) is 0.935. The number of hydrogen-bond acceptors (Lipinski definition) is 6. The number of benzene rings is 1. The molecule has 1 saturated heterocycles. The molecule has 0 saturated carbocycles. The van der Waals surface area contributed by atoms with Crippen LogP contribution in [0.25, 0.3) is 0 Å². The van der Waals surface area contributed by atoms with Crippen molar-refractivity contribution >= 4 is 17.9 Å². The van der Waals surface area contributed by atoms with Crippen LogP contribution in [-0.2, 0) is 27.4 Å². The van der Waals surface area contributed by atoms with Crippen molar-refractivity contribution in [1.82, 2.24) is 20.5 Å². The summed E-state index contributed by atoms with van der Waals surface area (Å²) < 4.78 is 11.5. The molecule has 0 spiro atoms. The van der Waals surface area contributed by atoms with Crippen LogP contribution in [0.2, 0.25) is 0 Å². The van der Waals surface area contributed by atoms with E-state index in [9.17, 15) is 14.4 Å². The quantitative estimate of drug-likeness (QED) is 0.369. The number of ether oxygens (including phenoxy) is 2. The number of rotatable bonds is 11. The van der Waals surface area contributed by atoms with Crippen LogP contribution in [-0.4, -0.2) is 58.6 Å². The molecule has 3 amide bonds. The highest BCUT2D eigenvalue weighted by atomic mass is 16.6. The number of aromatic nitrogens is 1. The molecular weight excluding hydrogens is 520 g/mol. The van der Waals surface area contributed by atoms with E-state index in [4.69, 9.17) is 9.47 Å². The Hall–Kier alpha value is -3.62. The van der Waals surface area contributed by atoms with Gasteiger partial charge in [-0.3, -0.25) is 9.78 Å². The first-order chi connectivity index (χ1) is 19.5. The summed E-state index contributed by atoms with van der Waals surface area (Å²) in [7, 11) is 0. The van der Waals surface area contributed by atoms with Crippen molar-refractivity contribution in [3.63, 3.8) is 0 Å². The van der Waals surface area contributed by atoms with E-state index in [-0.39, 0.29) is 18.4 Å². The summed E-state index contributed by atoms with van der Waals surface area (Å²) in [6.45, 7) is 11.1. The van der Waals surface area contributed by atoms with Crippen molar-refractivity contribution in [3.05, 3.63) is 59.9 Å². The van der Waals surface area contributed by atoms with Gasteiger partial charge < -0.3 is 25.0 Å². The van der Waals surface area contributed by atoms with Crippen LogP contribution < -0.4 is 15.4 Å². The number of esters is 1. The molecule has 9 heteroatoms. The molecule has 2 N–H and O–H groups in total. The Labute approximate surface area is 244 Å². The van der Waals surface area contributed by atoms with Gasteiger partial charge in [0, 0.05) is 25.7 Å². The molecule has 1 aromatic heterocycles. The van der Waals surface area contributed by atoms with Crippen LogP contribution in [0.4, 0.5) is 4.79 Å². The molecule has 1 aromatic carbocycles. The van der Waals surface area contributed by atoms with Crippen LogP contribution in [0.5, 0.6) is 5.75 Å². The van der Waals surface area contributed by atoms with E-state index in [0.29, 0.717) is 31.9 Å². The van der Waals surface area contributed by atoms with Crippen molar-refractivity contribution in [2.24, 2.45) is 5.92 Å². The van der Waals surface area contributed by atoms with Crippen molar-refractivity contribution in [2.75, 3.05) is 13.1 Å². The fourth-order valence-electron chi connectivity index (χ4n) is 4.65.